The number of hydrogen-bond donors (Lipinski definition) is 1. The third-order valence-electron chi connectivity index (χ3n) is 2.86. The van der Waals surface area contributed by atoms with Crippen LogP contribution in [-0.4, -0.2) is 30.2 Å². The van der Waals surface area contributed by atoms with Gasteiger partial charge < -0.3 is 9.63 Å². The molecule has 1 unspecified atom stereocenters. The van der Waals surface area contributed by atoms with Crippen LogP contribution >= 0.6 is 11.6 Å². The smallest absolute Gasteiger partial charge is 0.259 e. The second-order valence-electron chi connectivity index (χ2n) is 4.51. The molecule has 0 saturated carbocycles. The number of halogens is 1. The Morgan fingerprint density at radius 3 is 2.90 bits per heavy atom. The van der Waals surface area contributed by atoms with Crippen molar-refractivity contribution in [3.8, 4) is 11.5 Å². The van der Waals surface area contributed by atoms with Gasteiger partial charge in [0.15, 0.2) is 5.82 Å². The highest BCUT2D eigenvalue weighted by Gasteiger charge is 2.13. The van der Waals surface area contributed by atoms with Crippen molar-refractivity contribution in [2.24, 2.45) is 0 Å². The van der Waals surface area contributed by atoms with Crippen molar-refractivity contribution in [1.29, 1.82) is 0 Å². The van der Waals surface area contributed by atoms with Crippen LogP contribution in [0.5, 0.6) is 0 Å². The topological polar surface area (TPSA) is 89.9 Å². The van der Waals surface area contributed by atoms with Gasteiger partial charge in [-0.2, -0.15) is 4.98 Å². The SMILES string of the molecule is CC(O)c1cn(Cc2noc(-c3ccccc3Cl)n2)nn1. The van der Waals surface area contributed by atoms with Crippen LogP contribution in [0.15, 0.2) is 35.0 Å². The van der Waals surface area contributed by atoms with E-state index in [1.165, 1.54) is 4.68 Å². The van der Waals surface area contributed by atoms with E-state index in [1.54, 1.807) is 25.3 Å². The molecule has 0 aliphatic heterocycles. The third-order valence-corrected chi connectivity index (χ3v) is 3.19. The lowest BCUT2D eigenvalue weighted by atomic mass is 10.2. The molecule has 108 valence electrons. The number of hydrogen-bond acceptors (Lipinski definition) is 6. The fraction of sp³-hybridized carbons (Fsp3) is 0.231. The molecule has 0 amide bonds. The summed E-state index contributed by atoms with van der Waals surface area (Å²) >= 11 is 6.08. The van der Waals surface area contributed by atoms with Gasteiger partial charge in [0.25, 0.3) is 5.89 Å². The maximum Gasteiger partial charge on any atom is 0.259 e. The Kier molecular flexibility index (Phi) is 3.68. The van der Waals surface area contributed by atoms with E-state index in [1.807, 2.05) is 12.1 Å². The van der Waals surface area contributed by atoms with E-state index >= 15 is 0 Å². The predicted molar refractivity (Wildman–Crippen MR) is 74.5 cm³/mol. The zero-order chi connectivity index (χ0) is 14.8. The molecule has 8 heteroatoms. The quantitative estimate of drug-likeness (QED) is 0.793. The lowest BCUT2D eigenvalue weighted by molar-refractivity contribution is 0.194. The van der Waals surface area contributed by atoms with Gasteiger partial charge in [0, 0.05) is 0 Å². The summed E-state index contributed by atoms with van der Waals surface area (Å²) in [6, 6.07) is 7.24. The standard InChI is InChI=1S/C13H12ClN5O2/c1-8(20)11-6-19(18-16-11)7-12-15-13(21-17-12)9-4-2-3-5-10(9)14/h2-6,8,20H,7H2,1H3. The van der Waals surface area contributed by atoms with Crippen LogP contribution < -0.4 is 0 Å². The molecular formula is C13H12ClN5O2. The zero-order valence-corrected chi connectivity index (χ0v) is 11.9. The Morgan fingerprint density at radius 1 is 1.38 bits per heavy atom. The van der Waals surface area contributed by atoms with Gasteiger partial charge in [0.2, 0.25) is 0 Å². The van der Waals surface area contributed by atoms with Crippen LogP contribution in [0.25, 0.3) is 11.5 Å². The first-order chi connectivity index (χ1) is 10.1. The molecule has 1 atom stereocenters. The first-order valence-electron chi connectivity index (χ1n) is 6.29. The van der Waals surface area contributed by atoms with Gasteiger partial charge in [0.1, 0.15) is 12.2 Å². The van der Waals surface area contributed by atoms with Crippen LogP contribution in [-0.2, 0) is 6.54 Å². The van der Waals surface area contributed by atoms with Crippen molar-refractivity contribution in [2.45, 2.75) is 19.6 Å². The van der Waals surface area contributed by atoms with E-state index in [0.717, 1.165) is 0 Å². The number of nitrogens with zero attached hydrogens (tertiary/aromatic N) is 5. The van der Waals surface area contributed by atoms with E-state index in [4.69, 9.17) is 16.1 Å². The normalized spacial score (nSPS) is 12.5. The first-order valence-corrected chi connectivity index (χ1v) is 6.67. The molecule has 0 bridgehead atoms. The van der Waals surface area contributed by atoms with Gasteiger partial charge in [0.05, 0.1) is 22.9 Å². The van der Waals surface area contributed by atoms with Crippen LogP contribution in [0.1, 0.15) is 24.5 Å². The summed E-state index contributed by atoms with van der Waals surface area (Å²) in [4.78, 5) is 4.28. The molecule has 3 rings (SSSR count). The summed E-state index contributed by atoms with van der Waals surface area (Å²) in [5.41, 5.74) is 1.17. The first kappa shape index (κ1) is 13.7. The van der Waals surface area contributed by atoms with Crippen molar-refractivity contribution >= 4 is 11.6 Å². The van der Waals surface area contributed by atoms with Crippen molar-refractivity contribution in [1.82, 2.24) is 25.1 Å². The largest absolute Gasteiger partial charge is 0.387 e. The molecule has 7 nitrogen and oxygen atoms in total. The number of aromatic nitrogens is 5. The molecule has 21 heavy (non-hydrogen) atoms. The van der Waals surface area contributed by atoms with Crippen molar-refractivity contribution in [3.63, 3.8) is 0 Å². The molecule has 0 radical (unpaired) electrons. The van der Waals surface area contributed by atoms with Crippen molar-refractivity contribution < 1.29 is 9.63 Å². The summed E-state index contributed by atoms with van der Waals surface area (Å²) in [5.74, 6) is 0.804. The minimum absolute atomic E-state index is 0.299. The van der Waals surface area contributed by atoms with Crippen molar-refractivity contribution in [3.05, 3.63) is 47.0 Å². The lowest BCUT2D eigenvalue weighted by Gasteiger charge is -1.96. The van der Waals surface area contributed by atoms with Gasteiger partial charge in [-0.1, -0.05) is 34.1 Å². The second kappa shape index (κ2) is 5.63. The number of aliphatic hydroxyl groups is 1. The van der Waals surface area contributed by atoms with Crippen LogP contribution in [0.2, 0.25) is 5.02 Å². The van der Waals surface area contributed by atoms with E-state index in [2.05, 4.69) is 20.5 Å². The van der Waals surface area contributed by atoms with Crippen LogP contribution in [0, 0.1) is 0 Å². The molecule has 0 aliphatic rings. The fourth-order valence-electron chi connectivity index (χ4n) is 1.79. The predicted octanol–water partition coefficient (Wildman–Crippen LogP) is 2.08. The Labute approximate surface area is 125 Å². The van der Waals surface area contributed by atoms with Gasteiger partial charge in [-0.15, -0.1) is 5.10 Å². The zero-order valence-electron chi connectivity index (χ0n) is 11.1. The number of rotatable bonds is 4. The van der Waals surface area contributed by atoms with Gasteiger partial charge in [-0.05, 0) is 19.1 Å². The van der Waals surface area contributed by atoms with E-state index < -0.39 is 6.10 Å². The van der Waals surface area contributed by atoms with Crippen LogP contribution in [0.3, 0.4) is 0 Å². The molecule has 0 saturated heterocycles. The minimum Gasteiger partial charge on any atom is -0.387 e. The average molecular weight is 306 g/mol. The second-order valence-corrected chi connectivity index (χ2v) is 4.92. The maximum atomic E-state index is 9.41. The van der Waals surface area contributed by atoms with E-state index in [-0.39, 0.29) is 0 Å². The maximum absolute atomic E-state index is 9.41. The van der Waals surface area contributed by atoms with Gasteiger partial charge in [-0.25, -0.2) is 4.68 Å². The molecule has 1 aromatic carbocycles. The molecular weight excluding hydrogens is 294 g/mol. The van der Waals surface area contributed by atoms with Gasteiger partial charge in [-0.3, -0.25) is 0 Å². The number of aliphatic hydroxyl groups excluding tert-OH is 1. The lowest BCUT2D eigenvalue weighted by Crippen LogP contribution is -2.02. The molecule has 0 aliphatic carbocycles. The Bertz CT molecular complexity index is 752. The average Bonchev–Trinajstić information content (AvgIpc) is 3.09. The van der Waals surface area contributed by atoms with Gasteiger partial charge >= 0.3 is 0 Å². The highest BCUT2D eigenvalue weighted by molar-refractivity contribution is 6.33. The third kappa shape index (κ3) is 2.93. The molecule has 1 N–H and O–H groups in total. The summed E-state index contributed by atoms with van der Waals surface area (Å²) in [6.45, 7) is 1.92. The fourth-order valence-corrected chi connectivity index (χ4v) is 2.01. The molecule has 2 aromatic heterocycles. The Balaban J connectivity index is 1.80. The summed E-state index contributed by atoms with van der Waals surface area (Å²) in [7, 11) is 0. The molecule has 3 aromatic rings. The molecule has 0 fully saturated rings. The molecule has 2 heterocycles. The van der Waals surface area contributed by atoms with E-state index in [9.17, 15) is 5.11 Å². The summed E-state index contributed by atoms with van der Waals surface area (Å²) in [6.07, 6.45) is 0.971. The molecule has 0 spiro atoms. The highest BCUT2D eigenvalue weighted by Crippen LogP contribution is 2.25. The minimum atomic E-state index is -0.664. The Morgan fingerprint density at radius 2 is 2.19 bits per heavy atom. The summed E-state index contributed by atoms with van der Waals surface area (Å²) in [5, 5.41) is 21.6. The summed E-state index contributed by atoms with van der Waals surface area (Å²) < 4.78 is 6.73. The van der Waals surface area contributed by atoms with E-state index in [0.29, 0.717) is 34.5 Å². The van der Waals surface area contributed by atoms with Crippen molar-refractivity contribution in [2.75, 3.05) is 0 Å². The Hall–Kier alpha value is -2.25. The highest BCUT2D eigenvalue weighted by atomic mass is 35.5. The number of benzene rings is 1. The van der Waals surface area contributed by atoms with Crippen LogP contribution in [0.4, 0.5) is 0 Å². The monoisotopic (exact) mass is 305 g/mol.